The Morgan fingerprint density at radius 2 is 2.12 bits per heavy atom. The minimum atomic E-state index is 0.428. The maximum atomic E-state index is 5.62. The molecule has 2 atom stereocenters. The lowest BCUT2D eigenvalue weighted by atomic mass is 10.1. The standard InChI is InChI=1S/C15H23NO/c1-12-5-7-14(8-6-12)13(2)16-10-9-15-4-3-11-17-15/h5-8,13,15-16H,3-4,9-11H2,1-2H3/t13-,15?/m1/s1. The molecule has 1 saturated heterocycles. The average molecular weight is 233 g/mol. The fourth-order valence-corrected chi connectivity index (χ4v) is 2.31. The van der Waals surface area contributed by atoms with Crippen molar-refractivity contribution < 1.29 is 4.74 Å². The monoisotopic (exact) mass is 233 g/mol. The van der Waals surface area contributed by atoms with Gasteiger partial charge >= 0.3 is 0 Å². The van der Waals surface area contributed by atoms with Gasteiger partial charge in [0.1, 0.15) is 0 Å². The summed E-state index contributed by atoms with van der Waals surface area (Å²) in [6.45, 7) is 6.34. The van der Waals surface area contributed by atoms with E-state index in [0.29, 0.717) is 12.1 Å². The second-order valence-corrected chi connectivity index (χ2v) is 5.01. The van der Waals surface area contributed by atoms with Crippen LogP contribution in [0.3, 0.4) is 0 Å². The van der Waals surface area contributed by atoms with E-state index in [9.17, 15) is 0 Å². The van der Waals surface area contributed by atoms with Crippen LogP contribution in [0.2, 0.25) is 0 Å². The molecular weight excluding hydrogens is 210 g/mol. The first kappa shape index (κ1) is 12.6. The molecule has 0 bridgehead atoms. The summed E-state index contributed by atoms with van der Waals surface area (Å²) in [5, 5.41) is 3.57. The largest absolute Gasteiger partial charge is 0.378 e. The zero-order valence-electron chi connectivity index (χ0n) is 10.9. The van der Waals surface area contributed by atoms with Gasteiger partial charge in [0, 0.05) is 12.6 Å². The molecule has 0 saturated carbocycles. The van der Waals surface area contributed by atoms with Crippen LogP contribution in [0.4, 0.5) is 0 Å². The van der Waals surface area contributed by atoms with Gasteiger partial charge in [0.05, 0.1) is 6.10 Å². The molecule has 1 aliphatic rings. The maximum absolute atomic E-state index is 5.62. The second-order valence-electron chi connectivity index (χ2n) is 5.01. The highest BCUT2D eigenvalue weighted by Crippen LogP contribution is 2.16. The lowest BCUT2D eigenvalue weighted by Gasteiger charge is -2.16. The normalized spacial score (nSPS) is 21.6. The Labute approximate surface area is 104 Å². The van der Waals surface area contributed by atoms with Crippen molar-refractivity contribution in [2.45, 2.75) is 45.3 Å². The number of rotatable bonds is 5. The molecule has 1 heterocycles. The van der Waals surface area contributed by atoms with Gasteiger partial charge in [0.2, 0.25) is 0 Å². The first-order chi connectivity index (χ1) is 8.25. The number of nitrogens with one attached hydrogen (secondary N) is 1. The van der Waals surface area contributed by atoms with E-state index in [1.54, 1.807) is 0 Å². The Bertz CT molecular complexity index is 327. The second kappa shape index (κ2) is 6.18. The Morgan fingerprint density at radius 1 is 1.35 bits per heavy atom. The van der Waals surface area contributed by atoms with E-state index in [1.165, 1.54) is 24.0 Å². The quantitative estimate of drug-likeness (QED) is 0.843. The van der Waals surface area contributed by atoms with Crippen LogP contribution in [0.15, 0.2) is 24.3 Å². The highest BCUT2D eigenvalue weighted by Gasteiger charge is 2.15. The van der Waals surface area contributed by atoms with Crippen molar-refractivity contribution in [2.24, 2.45) is 0 Å². The van der Waals surface area contributed by atoms with Gasteiger partial charge in [-0.05, 0) is 45.2 Å². The molecule has 0 radical (unpaired) electrons. The van der Waals surface area contributed by atoms with E-state index in [-0.39, 0.29) is 0 Å². The van der Waals surface area contributed by atoms with Crippen LogP contribution in [0, 0.1) is 6.92 Å². The highest BCUT2D eigenvalue weighted by molar-refractivity contribution is 5.23. The van der Waals surface area contributed by atoms with E-state index in [0.717, 1.165) is 19.6 Å². The molecule has 2 nitrogen and oxygen atoms in total. The highest BCUT2D eigenvalue weighted by atomic mass is 16.5. The lowest BCUT2D eigenvalue weighted by Crippen LogP contribution is -2.23. The smallest absolute Gasteiger partial charge is 0.0588 e. The molecule has 1 aromatic rings. The fraction of sp³-hybridized carbons (Fsp3) is 0.600. The Balaban J connectivity index is 1.72. The third-order valence-electron chi connectivity index (χ3n) is 3.52. The molecule has 1 unspecified atom stereocenters. The average Bonchev–Trinajstić information content (AvgIpc) is 2.83. The molecule has 2 rings (SSSR count). The van der Waals surface area contributed by atoms with Crippen molar-refractivity contribution in [1.82, 2.24) is 5.32 Å². The Hall–Kier alpha value is -0.860. The maximum Gasteiger partial charge on any atom is 0.0588 e. The van der Waals surface area contributed by atoms with Crippen molar-refractivity contribution in [3.63, 3.8) is 0 Å². The predicted molar refractivity (Wildman–Crippen MR) is 71.2 cm³/mol. The van der Waals surface area contributed by atoms with Gasteiger partial charge in [-0.25, -0.2) is 0 Å². The van der Waals surface area contributed by atoms with Crippen LogP contribution in [-0.2, 0) is 4.74 Å². The molecule has 0 amide bonds. The number of hydrogen-bond donors (Lipinski definition) is 1. The van der Waals surface area contributed by atoms with E-state index in [4.69, 9.17) is 4.74 Å². The van der Waals surface area contributed by atoms with Crippen molar-refractivity contribution >= 4 is 0 Å². The van der Waals surface area contributed by atoms with Crippen LogP contribution in [0.1, 0.15) is 43.4 Å². The van der Waals surface area contributed by atoms with Gasteiger partial charge in [0.25, 0.3) is 0 Å². The van der Waals surface area contributed by atoms with Gasteiger partial charge in [-0.2, -0.15) is 0 Å². The van der Waals surface area contributed by atoms with E-state index >= 15 is 0 Å². The van der Waals surface area contributed by atoms with Crippen LogP contribution in [-0.4, -0.2) is 19.3 Å². The minimum absolute atomic E-state index is 0.428. The van der Waals surface area contributed by atoms with Crippen molar-refractivity contribution in [1.29, 1.82) is 0 Å². The lowest BCUT2D eigenvalue weighted by molar-refractivity contribution is 0.103. The fourth-order valence-electron chi connectivity index (χ4n) is 2.31. The van der Waals surface area contributed by atoms with Crippen molar-refractivity contribution in [2.75, 3.05) is 13.2 Å². The van der Waals surface area contributed by atoms with Gasteiger partial charge in [0.15, 0.2) is 0 Å². The Morgan fingerprint density at radius 3 is 2.76 bits per heavy atom. The molecule has 0 aromatic heterocycles. The SMILES string of the molecule is Cc1ccc([C@@H](C)NCCC2CCCO2)cc1. The summed E-state index contributed by atoms with van der Waals surface area (Å²) in [5.41, 5.74) is 2.68. The predicted octanol–water partition coefficient (Wildman–Crippen LogP) is 3.21. The third-order valence-corrected chi connectivity index (χ3v) is 3.52. The summed E-state index contributed by atoms with van der Waals surface area (Å²) in [6, 6.07) is 9.19. The zero-order chi connectivity index (χ0) is 12.1. The molecule has 1 aliphatic heterocycles. The molecule has 0 aliphatic carbocycles. The number of ether oxygens (including phenoxy) is 1. The molecule has 0 spiro atoms. The molecule has 94 valence electrons. The first-order valence-corrected chi connectivity index (χ1v) is 6.67. The molecule has 2 heteroatoms. The molecule has 1 fully saturated rings. The van der Waals surface area contributed by atoms with E-state index in [2.05, 4.69) is 43.4 Å². The zero-order valence-corrected chi connectivity index (χ0v) is 10.9. The van der Waals surface area contributed by atoms with E-state index < -0.39 is 0 Å². The van der Waals surface area contributed by atoms with Gasteiger partial charge in [-0.3, -0.25) is 0 Å². The molecule has 1 aromatic carbocycles. The topological polar surface area (TPSA) is 21.3 Å². The van der Waals surface area contributed by atoms with Crippen LogP contribution in [0.5, 0.6) is 0 Å². The third kappa shape index (κ3) is 3.83. The van der Waals surface area contributed by atoms with Gasteiger partial charge in [-0.1, -0.05) is 29.8 Å². The van der Waals surface area contributed by atoms with Crippen molar-refractivity contribution in [3.8, 4) is 0 Å². The summed E-state index contributed by atoms with van der Waals surface area (Å²) in [6.07, 6.45) is 4.10. The first-order valence-electron chi connectivity index (χ1n) is 6.67. The van der Waals surface area contributed by atoms with Crippen LogP contribution >= 0.6 is 0 Å². The van der Waals surface area contributed by atoms with E-state index in [1.807, 2.05) is 0 Å². The van der Waals surface area contributed by atoms with Gasteiger partial charge < -0.3 is 10.1 Å². The summed E-state index contributed by atoms with van der Waals surface area (Å²) < 4.78 is 5.62. The molecule has 17 heavy (non-hydrogen) atoms. The number of hydrogen-bond acceptors (Lipinski definition) is 2. The number of aryl methyl sites for hydroxylation is 1. The van der Waals surface area contributed by atoms with Crippen LogP contribution in [0.25, 0.3) is 0 Å². The molecule has 1 N–H and O–H groups in total. The number of benzene rings is 1. The van der Waals surface area contributed by atoms with Crippen molar-refractivity contribution in [3.05, 3.63) is 35.4 Å². The summed E-state index contributed by atoms with van der Waals surface area (Å²) in [4.78, 5) is 0. The summed E-state index contributed by atoms with van der Waals surface area (Å²) >= 11 is 0. The molecular formula is C15H23NO. The summed E-state index contributed by atoms with van der Waals surface area (Å²) in [7, 11) is 0. The van der Waals surface area contributed by atoms with Gasteiger partial charge in [-0.15, -0.1) is 0 Å². The minimum Gasteiger partial charge on any atom is -0.378 e. The summed E-state index contributed by atoms with van der Waals surface area (Å²) in [5.74, 6) is 0. The Kier molecular flexibility index (Phi) is 4.57. The van der Waals surface area contributed by atoms with Crippen LogP contribution < -0.4 is 5.32 Å².